The van der Waals surface area contributed by atoms with Crippen molar-refractivity contribution in [2.24, 2.45) is 0 Å². The van der Waals surface area contributed by atoms with Crippen LogP contribution in [0.3, 0.4) is 0 Å². The summed E-state index contributed by atoms with van der Waals surface area (Å²) in [6, 6.07) is 3.73. The molecule has 0 saturated heterocycles. The highest BCUT2D eigenvalue weighted by Gasteiger charge is 2.07. The predicted molar refractivity (Wildman–Crippen MR) is 61.5 cm³/mol. The maximum atomic E-state index is 9.71. The van der Waals surface area contributed by atoms with E-state index in [1.165, 1.54) is 0 Å². The van der Waals surface area contributed by atoms with Gasteiger partial charge in [-0.15, -0.1) is 0 Å². The van der Waals surface area contributed by atoms with Crippen molar-refractivity contribution in [1.82, 2.24) is 10.3 Å². The lowest BCUT2D eigenvalue weighted by atomic mass is 10.1. The second-order valence-electron chi connectivity index (χ2n) is 3.61. The smallest absolute Gasteiger partial charge is 0.126 e. The Labute approximate surface area is 90.5 Å². The SMILES string of the molecule is CCCNCC(O)Cc1cccnc1N. The number of nitrogen functional groups attached to an aromatic ring is 1. The molecule has 0 aliphatic heterocycles. The summed E-state index contributed by atoms with van der Waals surface area (Å²) in [6.07, 6.45) is 2.88. The standard InChI is InChI=1S/C11H19N3O/c1-2-5-13-8-10(15)7-9-4-3-6-14-11(9)12/h3-4,6,10,13,15H,2,5,7-8H2,1H3,(H2,12,14). The number of nitrogens with one attached hydrogen (secondary N) is 1. The van der Waals surface area contributed by atoms with Crippen molar-refractivity contribution in [3.8, 4) is 0 Å². The summed E-state index contributed by atoms with van der Waals surface area (Å²) < 4.78 is 0. The minimum absolute atomic E-state index is 0.400. The Kier molecular flexibility index (Phi) is 5.07. The molecule has 1 atom stereocenters. The summed E-state index contributed by atoms with van der Waals surface area (Å²) in [4.78, 5) is 3.97. The highest BCUT2D eigenvalue weighted by molar-refractivity contribution is 5.38. The van der Waals surface area contributed by atoms with Crippen molar-refractivity contribution < 1.29 is 5.11 Å². The summed E-state index contributed by atoms with van der Waals surface area (Å²) in [5, 5.41) is 12.9. The van der Waals surface area contributed by atoms with Gasteiger partial charge >= 0.3 is 0 Å². The van der Waals surface area contributed by atoms with Gasteiger partial charge in [-0.1, -0.05) is 13.0 Å². The van der Waals surface area contributed by atoms with Crippen LogP contribution in [0.1, 0.15) is 18.9 Å². The van der Waals surface area contributed by atoms with E-state index in [1.54, 1.807) is 6.20 Å². The van der Waals surface area contributed by atoms with E-state index in [0.29, 0.717) is 18.8 Å². The quantitative estimate of drug-likeness (QED) is 0.599. The van der Waals surface area contributed by atoms with Crippen molar-refractivity contribution in [2.45, 2.75) is 25.9 Å². The molecule has 1 heterocycles. The number of aromatic nitrogens is 1. The zero-order chi connectivity index (χ0) is 11.1. The molecule has 0 amide bonds. The van der Waals surface area contributed by atoms with Gasteiger partial charge in [-0.3, -0.25) is 0 Å². The minimum Gasteiger partial charge on any atom is -0.391 e. The van der Waals surface area contributed by atoms with Gasteiger partial charge in [0.15, 0.2) is 0 Å². The fourth-order valence-corrected chi connectivity index (χ4v) is 1.39. The van der Waals surface area contributed by atoms with Crippen molar-refractivity contribution >= 4 is 5.82 Å². The van der Waals surface area contributed by atoms with E-state index in [4.69, 9.17) is 5.73 Å². The molecule has 0 aliphatic carbocycles. The fourth-order valence-electron chi connectivity index (χ4n) is 1.39. The average molecular weight is 209 g/mol. The molecule has 0 radical (unpaired) electrons. The van der Waals surface area contributed by atoms with Crippen LogP contribution in [0.15, 0.2) is 18.3 Å². The summed E-state index contributed by atoms with van der Waals surface area (Å²) in [5.41, 5.74) is 6.59. The number of hydrogen-bond donors (Lipinski definition) is 3. The van der Waals surface area contributed by atoms with Crippen LogP contribution in [0.25, 0.3) is 0 Å². The highest BCUT2D eigenvalue weighted by atomic mass is 16.3. The Balaban J connectivity index is 2.37. The third-order valence-electron chi connectivity index (χ3n) is 2.19. The van der Waals surface area contributed by atoms with Crippen LogP contribution in [0.4, 0.5) is 5.82 Å². The number of aliphatic hydroxyl groups excluding tert-OH is 1. The zero-order valence-corrected chi connectivity index (χ0v) is 9.11. The van der Waals surface area contributed by atoms with E-state index >= 15 is 0 Å². The Bertz CT molecular complexity index is 291. The first-order chi connectivity index (χ1) is 7.24. The van der Waals surface area contributed by atoms with E-state index in [1.807, 2.05) is 12.1 Å². The normalized spacial score (nSPS) is 12.7. The van der Waals surface area contributed by atoms with Crippen LogP contribution >= 0.6 is 0 Å². The van der Waals surface area contributed by atoms with Gasteiger partial charge in [0.1, 0.15) is 5.82 Å². The maximum absolute atomic E-state index is 9.71. The van der Waals surface area contributed by atoms with Gasteiger partial charge in [0.25, 0.3) is 0 Å². The van der Waals surface area contributed by atoms with Crippen molar-refractivity contribution in [1.29, 1.82) is 0 Å². The van der Waals surface area contributed by atoms with Crippen molar-refractivity contribution in [3.05, 3.63) is 23.9 Å². The predicted octanol–water partition coefficient (Wildman–Crippen LogP) is 0.567. The van der Waals surface area contributed by atoms with E-state index in [2.05, 4.69) is 17.2 Å². The van der Waals surface area contributed by atoms with Gasteiger partial charge < -0.3 is 16.2 Å². The van der Waals surface area contributed by atoms with Crippen LogP contribution in [0.5, 0.6) is 0 Å². The lowest BCUT2D eigenvalue weighted by Crippen LogP contribution is -2.29. The molecule has 1 unspecified atom stereocenters. The van der Waals surface area contributed by atoms with Gasteiger partial charge in [0, 0.05) is 19.2 Å². The molecule has 1 aromatic rings. The summed E-state index contributed by atoms with van der Waals surface area (Å²) in [5.74, 6) is 0.507. The van der Waals surface area contributed by atoms with Crippen LogP contribution in [-0.4, -0.2) is 29.3 Å². The third kappa shape index (κ3) is 4.27. The van der Waals surface area contributed by atoms with Crippen LogP contribution in [-0.2, 0) is 6.42 Å². The van der Waals surface area contributed by atoms with Gasteiger partial charge in [0.2, 0.25) is 0 Å². The molecule has 84 valence electrons. The molecular weight excluding hydrogens is 190 g/mol. The molecule has 0 aliphatic rings. The molecule has 0 spiro atoms. The summed E-state index contributed by atoms with van der Waals surface area (Å²) >= 11 is 0. The number of nitrogens with zero attached hydrogens (tertiary/aromatic N) is 1. The number of aliphatic hydroxyl groups is 1. The Morgan fingerprint density at radius 3 is 3.07 bits per heavy atom. The number of rotatable bonds is 6. The number of nitrogens with two attached hydrogens (primary N) is 1. The van der Waals surface area contributed by atoms with Gasteiger partial charge in [-0.2, -0.15) is 0 Å². The first kappa shape index (κ1) is 11.9. The molecule has 4 nitrogen and oxygen atoms in total. The first-order valence-corrected chi connectivity index (χ1v) is 5.32. The molecular formula is C11H19N3O. The summed E-state index contributed by atoms with van der Waals surface area (Å²) in [7, 11) is 0. The molecule has 1 rings (SSSR count). The Hall–Kier alpha value is -1.13. The molecule has 0 aromatic carbocycles. The Morgan fingerprint density at radius 1 is 1.60 bits per heavy atom. The Morgan fingerprint density at radius 2 is 2.40 bits per heavy atom. The summed E-state index contributed by atoms with van der Waals surface area (Å²) in [6.45, 7) is 3.63. The molecule has 0 bridgehead atoms. The number of pyridine rings is 1. The second kappa shape index (κ2) is 6.37. The zero-order valence-electron chi connectivity index (χ0n) is 9.11. The van der Waals surface area contributed by atoms with Crippen molar-refractivity contribution in [3.63, 3.8) is 0 Å². The molecule has 1 aromatic heterocycles. The third-order valence-corrected chi connectivity index (χ3v) is 2.19. The average Bonchev–Trinajstić information content (AvgIpc) is 2.22. The van der Waals surface area contributed by atoms with Crippen molar-refractivity contribution in [2.75, 3.05) is 18.8 Å². The lowest BCUT2D eigenvalue weighted by Gasteiger charge is -2.12. The second-order valence-corrected chi connectivity index (χ2v) is 3.61. The van der Waals surface area contributed by atoms with E-state index < -0.39 is 6.10 Å². The molecule has 0 fully saturated rings. The largest absolute Gasteiger partial charge is 0.391 e. The van der Waals surface area contributed by atoms with E-state index in [9.17, 15) is 5.11 Å². The van der Waals surface area contributed by atoms with Gasteiger partial charge in [-0.25, -0.2) is 4.98 Å². The van der Waals surface area contributed by atoms with Crippen LogP contribution < -0.4 is 11.1 Å². The molecule has 4 heteroatoms. The first-order valence-electron chi connectivity index (χ1n) is 5.32. The maximum Gasteiger partial charge on any atom is 0.126 e. The number of anilines is 1. The highest BCUT2D eigenvalue weighted by Crippen LogP contribution is 2.09. The van der Waals surface area contributed by atoms with Gasteiger partial charge in [-0.05, 0) is 24.6 Å². The van der Waals surface area contributed by atoms with Gasteiger partial charge in [0.05, 0.1) is 6.10 Å². The fraction of sp³-hybridized carbons (Fsp3) is 0.545. The van der Waals surface area contributed by atoms with E-state index in [0.717, 1.165) is 18.5 Å². The molecule has 4 N–H and O–H groups in total. The lowest BCUT2D eigenvalue weighted by molar-refractivity contribution is 0.172. The van der Waals surface area contributed by atoms with Crippen LogP contribution in [0.2, 0.25) is 0 Å². The topological polar surface area (TPSA) is 71.2 Å². The molecule has 15 heavy (non-hydrogen) atoms. The molecule has 0 saturated carbocycles. The van der Waals surface area contributed by atoms with E-state index in [-0.39, 0.29) is 0 Å². The minimum atomic E-state index is -0.400. The van der Waals surface area contributed by atoms with Crippen LogP contribution in [0, 0.1) is 0 Å². The monoisotopic (exact) mass is 209 g/mol. The number of hydrogen-bond acceptors (Lipinski definition) is 4.